The molecule has 4 rings (SSSR count). The van der Waals surface area contributed by atoms with E-state index >= 15 is 0 Å². The Kier molecular flexibility index (Phi) is 3.17. The fraction of sp³-hybridized carbons (Fsp3) is 0. The number of H-pyrrole nitrogens is 2. The first-order valence-electron chi connectivity index (χ1n) is 7.09. The Morgan fingerprint density at radius 2 is 1.74 bits per heavy atom. The third-order valence-corrected chi connectivity index (χ3v) is 3.93. The summed E-state index contributed by atoms with van der Waals surface area (Å²) in [7, 11) is 0. The molecule has 0 radical (unpaired) electrons. The minimum atomic E-state index is -0.230. The van der Waals surface area contributed by atoms with Gasteiger partial charge in [0.15, 0.2) is 4.77 Å². The van der Waals surface area contributed by atoms with Crippen molar-refractivity contribution in [2.24, 2.45) is 0 Å². The van der Waals surface area contributed by atoms with Crippen molar-refractivity contribution in [3.63, 3.8) is 0 Å². The van der Waals surface area contributed by atoms with E-state index in [1.807, 2.05) is 53.1 Å². The zero-order chi connectivity index (χ0) is 15.8. The number of aromatic amines is 2. The number of benzene rings is 2. The van der Waals surface area contributed by atoms with Gasteiger partial charge in [-0.2, -0.15) is 0 Å². The molecule has 0 amide bonds. The number of aromatic nitrogens is 4. The average Bonchev–Trinajstić information content (AvgIpc) is 2.88. The van der Waals surface area contributed by atoms with Gasteiger partial charge >= 0.3 is 0 Å². The van der Waals surface area contributed by atoms with Crippen LogP contribution in [0.15, 0.2) is 53.3 Å². The lowest BCUT2D eigenvalue weighted by atomic mass is 10.3. The molecule has 112 valence electrons. The molecule has 0 aliphatic rings. The summed E-state index contributed by atoms with van der Waals surface area (Å²) in [5.41, 5.74) is 3.48. The molecule has 5 nitrogen and oxygen atoms in total. The van der Waals surface area contributed by atoms with Crippen LogP contribution in [0.3, 0.4) is 0 Å². The number of imidazole rings is 1. The standard InChI is InChI=1S/C17H12N4OS/c22-16-14(18-11-5-1-2-6-12(11)19-16)9-10-21-15-8-4-3-7-13(15)20-17(21)23/h1-10H,(H,19,22)(H,20,23). The van der Waals surface area contributed by atoms with E-state index in [1.165, 1.54) is 0 Å². The highest BCUT2D eigenvalue weighted by molar-refractivity contribution is 7.71. The first kappa shape index (κ1) is 13.7. The molecule has 2 heterocycles. The van der Waals surface area contributed by atoms with Crippen LogP contribution in [0.4, 0.5) is 0 Å². The third-order valence-electron chi connectivity index (χ3n) is 3.63. The molecule has 0 saturated carbocycles. The Balaban J connectivity index is 1.85. The van der Waals surface area contributed by atoms with E-state index in [-0.39, 0.29) is 5.56 Å². The first-order valence-corrected chi connectivity index (χ1v) is 7.50. The molecule has 0 atom stereocenters. The molecular formula is C17H12N4OS. The topological polar surface area (TPSA) is 66.5 Å². The largest absolute Gasteiger partial charge is 0.330 e. The molecule has 23 heavy (non-hydrogen) atoms. The lowest BCUT2D eigenvalue weighted by Gasteiger charge is -1.99. The van der Waals surface area contributed by atoms with E-state index in [0.717, 1.165) is 22.1 Å². The van der Waals surface area contributed by atoms with E-state index in [0.29, 0.717) is 10.5 Å². The molecule has 2 N–H and O–H groups in total. The predicted octanol–water partition coefficient (Wildman–Crippen LogP) is 3.56. The summed E-state index contributed by atoms with van der Waals surface area (Å²) in [6, 6.07) is 15.2. The Bertz CT molecular complexity index is 1170. The van der Waals surface area contributed by atoms with Gasteiger partial charge in [0.05, 0.1) is 22.1 Å². The highest BCUT2D eigenvalue weighted by atomic mass is 32.1. The fourth-order valence-corrected chi connectivity index (χ4v) is 2.79. The minimum Gasteiger partial charge on any atom is -0.330 e. The van der Waals surface area contributed by atoms with Gasteiger partial charge in [0, 0.05) is 6.20 Å². The molecule has 0 fully saturated rings. The van der Waals surface area contributed by atoms with E-state index in [1.54, 1.807) is 12.3 Å². The number of hydrogen-bond donors (Lipinski definition) is 2. The van der Waals surface area contributed by atoms with Gasteiger partial charge in [-0.3, -0.25) is 9.36 Å². The molecule has 4 aromatic rings. The van der Waals surface area contributed by atoms with E-state index in [2.05, 4.69) is 15.0 Å². The lowest BCUT2D eigenvalue weighted by Crippen LogP contribution is -2.11. The van der Waals surface area contributed by atoms with Crippen molar-refractivity contribution >= 4 is 46.6 Å². The van der Waals surface area contributed by atoms with E-state index in [4.69, 9.17) is 12.2 Å². The number of hydrogen-bond acceptors (Lipinski definition) is 3. The molecule has 0 saturated heterocycles. The molecule has 0 aliphatic carbocycles. The summed E-state index contributed by atoms with van der Waals surface area (Å²) in [4.78, 5) is 22.5. The Labute approximate surface area is 135 Å². The summed E-state index contributed by atoms with van der Waals surface area (Å²) >= 11 is 5.33. The van der Waals surface area contributed by atoms with Crippen LogP contribution >= 0.6 is 12.2 Å². The van der Waals surface area contributed by atoms with Crippen LogP contribution in [-0.2, 0) is 0 Å². The molecule has 0 unspecified atom stereocenters. The van der Waals surface area contributed by atoms with Gasteiger partial charge in [-0.05, 0) is 42.6 Å². The number of nitrogens with zero attached hydrogens (tertiary/aromatic N) is 2. The summed E-state index contributed by atoms with van der Waals surface area (Å²) in [6.45, 7) is 0. The summed E-state index contributed by atoms with van der Waals surface area (Å²) in [5, 5.41) is 0. The Hall–Kier alpha value is -2.99. The van der Waals surface area contributed by atoms with Crippen molar-refractivity contribution in [1.29, 1.82) is 0 Å². The van der Waals surface area contributed by atoms with Crippen LogP contribution in [0.25, 0.3) is 34.3 Å². The van der Waals surface area contributed by atoms with Crippen molar-refractivity contribution in [3.8, 4) is 0 Å². The molecule has 6 heteroatoms. The molecule has 2 aromatic heterocycles. The maximum absolute atomic E-state index is 12.1. The number of para-hydroxylation sites is 4. The van der Waals surface area contributed by atoms with Crippen molar-refractivity contribution in [2.45, 2.75) is 0 Å². The molecule has 0 aliphatic heterocycles. The Morgan fingerprint density at radius 1 is 1.00 bits per heavy atom. The summed E-state index contributed by atoms with van der Waals surface area (Å²) in [6.07, 6.45) is 3.43. The summed E-state index contributed by atoms with van der Waals surface area (Å²) < 4.78 is 2.39. The second kappa shape index (κ2) is 5.33. The minimum absolute atomic E-state index is 0.230. The van der Waals surface area contributed by atoms with Crippen molar-refractivity contribution in [3.05, 3.63) is 69.3 Å². The second-order valence-electron chi connectivity index (χ2n) is 5.10. The maximum Gasteiger partial charge on any atom is 0.274 e. The monoisotopic (exact) mass is 320 g/mol. The van der Waals surface area contributed by atoms with E-state index < -0.39 is 0 Å². The second-order valence-corrected chi connectivity index (χ2v) is 5.49. The van der Waals surface area contributed by atoms with E-state index in [9.17, 15) is 4.79 Å². The normalized spacial score (nSPS) is 11.7. The maximum atomic E-state index is 12.1. The fourth-order valence-electron chi connectivity index (χ4n) is 2.52. The van der Waals surface area contributed by atoms with Crippen LogP contribution in [0.1, 0.15) is 5.69 Å². The van der Waals surface area contributed by atoms with Gasteiger partial charge in [0.25, 0.3) is 5.56 Å². The quantitative estimate of drug-likeness (QED) is 0.555. The van der Waals surface area contributed by atoms with Crippen LogP contribution < -0.4 is 5.56 Å². The molecule has 2 aromatic carbocycles. The smallest absolute Gasteiger partial charge is 0.274 e. The Morgan fingerprint density at radius 3 is 2.61 bits per heavy atom. The van der Waals surface area contributed by atoms with Gasteiger partial charge in [0.2, 0.25) is 0 Å². The zero-order valence-electron chi connectivity index (χ0n) is 12.0. The lowest BCUT2D eigenvalue weighted by molar-refractivity contribution is 1.14. The van der Waals surface area contributed by atoms with Gasteiger partial charge in [-0.1, -0.05) is 24.3 Å². The van der Waals surface area contributed by atoms with Crippen LogP contribution in [0.2, 0.25) is 0 Å². The van der Waals surface area contributed by atoms with Crippen LogP contribution in [0, 0.1) is 4.77 Å². The SMILES string of the molecule is O=c1[nH]c2ccccc2nc1C=Cn1c(=S)[nH]c2ccccc21. The first-order chi connectivity index (χ1) is 11.2. The summed E-state index contributed by atoms with van der Waals surface area (Å²) in [5.74, 6) is 0. The third kappa shape index (κ3) is 2.39. The molecule has 0 bridgehead atoms. The van der Waals surface area contributed by atoms with Crippen LogP contribution in [0.5, 0.6) is 0 Å². The van der Waals surface area contributed by atoms with Gasteiger partial charge in [0.1, 0.15) is 5.69 Å². The number of rotatable bonds is 2. The highest BCUT2D eigenvalue weighted by Gasteiger charge is 2.03. The number of nitrogens with one attached hydrogen (secondary N) is 2. The molecular weight excluding hydrogens is 308 g/mol. The van der Waals surface area contributed by atoms with Gasteiger partial charge in [-0.25, -0.2) is 4.98 Å². The number of fused-ring (bicyclic) bond motifs is 2. The van der Waals surface area contributed by atoms with Crippen molar-refractivity contribution in [2.75, 3.05) is 0 Å². The van der Waals surface area contributed by atoms with Crippen LogP contribution in [-0.4, -0.2) is 19.5 Å². The average molecular weight is 320 g/mol. The van der Waals surface area contributed by atoms with Crippen molar-refractivity contribution in [1.82, 2.24) is 19.5 Å². The molecule has 0 spiro atoms. The van der Waals surface area contributed by atoms with Crippen molar-refractivity contribution < 1.29 is 0 Å². The zero-order valence-corrected chi connectivity index (χ0v) is 12.8. The van der Waals surface area contributed by atoms with Gasteiger partial charge < -0.3 is 9.97 Å². The highest BCUT2D eigenvalue weighted by Crippen LogP contribution is 2.14. The predicted molar refractivity (Wildman–Crippen MR) is 94.7 cm³/mol. The van der Waals surface area contributed by atoms with Gasteiger partial charge in [-0.15, -0.1) is 0 Å².